The lowest BCUT2D eigenvalue weighted by atomic mass is 9.85. The maximum atomic E-state index is 11.6. The van der Waals surface area contributed by atoms with Crippen molar-refractivity contribution in [2.75, 3.05) is 27.4 Å². The molecule has 2 aromatic carbocycles. The van der Waals surface area contributed by atoms with Crippen molar-refractivity contribution in [3.8, 4) is 34.6 Å². The first-order valence-electron chi connectivity index (χ1n) is 16.7. The first-order chi connectivity index (χ1) is 24.8. The molecule has 0 aliphatic rings. The van der Waals surface area contributed by atoms with E-state index in [1.54, 1.807) is 24.3 Å². The normalized spacial score (nSPS) is 13.5. The molecule has 0 fully saturated rings. The molecule has 13 nitrogen and oxygen atoms in total. The Bertz CT molecular complexity index is 1750. The number of ether oxygens (including phenoxy) is 4. The quantitative estimate of drug-likeness (QED) is 0.0884. The second-order valence-corrected chi connectivity index (χ2v) is 13.1. The van der Waals surface area contributed by atoms with Gasteiger partial charge in [0.2, 0.25) is 23.5 Å². The number of hydrogen-bond acceptors (Lipinski definition) is 11. The molecule has 2 atom stereocenters. The van der Waals surface area contributed by atoms with Gasteiger partial charge in [-0.25, -0.2) is 0 Å². The molecule has 0 unspecified atom stereocenters. The summed E-state index contributed by atoms with van der Waals surface area (Å²) in [5.41, 5.74) is 4.65. The van der Waals surface area contributed by atoms with Crippen LogP contribution in [0.1, 0.15) is 53.6 Å². The Hall–Kier alpha value is -5.24. The van der Waals surface area contributed by atoms with Crippen LogP contribution in [0.2, 0.25) is 0 Å². The molecular formula is C39H47N3O10. The fourth-order valence-electron chi connectivity index (χ4n) is 5.46. The molecule has 0 amide bonds. The number of aryl methyl sites for hydroxylation is 1. The Labute approximate surface area is 303 Å². The Morgan fingerprint density at radius 1 is 0.692 bits per heavy atom. The number of rotatable bonds is 19. The van der Waals surface area contributed by atoms with Gasteiger partial charge in [0, 0.05) is 29.8 Å². The van der Waals surface area contributed by atoms with Crippen molar-refractivity contribution in [1.29, 1.82) is 0 Å². The van der Waals surface area contributed by atoms with Crippen LogP contribution in [-0.4, -0.2) is 75.3 Å². The van der Waals surface area contributed by atoms with Crippen molar-refractivity contribution in [3.05, 3.63) is 94.0 Å². The van der Waals surface area contributed by atoms with E-state index in [9.17, 15) is 30.0 Å². The number of aliphatic hydroxyl groups is 2. The average molecular weight is 718 g/mol. The number of carboxylic acid groups (broad SMARTS) is 2. The van der Waals surface area contributed by atoms with Gasteiger partial charge in [0.1, 0.15) is 18.8 Å². The fraction of sp³-hybridized carbons (Fsp3) is 0.385. The minimum absolute atomic E-state index is 0.114. The van der Waals surface area contributed by atoms with Gasteiger partial charge in [-0.05, 0) is 86.1 Å². The fourth-order valence-corrected chi connectivity index (χ4v) is 5.46. The number of aliphatic carboxylic acids is 2. The van der Waals surface area contributed by atoms with Crippen LogP contribution >= 0.6 is 0 Å². The predicted octanol–water partition coefficient (Wildman–Crippen LogP) is 4.88. The van der Waals surface area contributed by atoms with Crippen molar-refractivity contribution >= 4 is 11.9 Å². The van der Waals surface area contributed by atoms with Gasteiger partial charge in [-0.15, -0.1) is 0 Å². The highest BCUT2D eigenvalue weighted by Crippen LogP contribution is 2.32. The highest BCUT2D eigenvalue weighted by molar-refractivity contribution is 5.78. The summed E-state index contributed by atoms with van der Waals surface area (Å²) in [4.78, 5) is 32.1. The summed E-state index contributed by atoms with van der Waals surface area (Å²) in [5, 5.41) is 40.9. The zero-order valence-corrected chi connectivity index (χ0v) is 30.4. The lowest BCUT2D eigenvalue weighted by Gasteiger charge is -2.24. The third kappa shape index (κ3) is 9.15. The van der Waals surface area contributed by atoms with E-state index in [1.807, 2.05) is 38.1 Å². The Morgan fingerprint density at radius 3 is 1.63 bits per heavy atom. The van der Waals surface area contributed by atoms with E-state index < -0.39 is 36.1 Å². The Morgan fingerprint density at radius 2 is 1.19 bits per heavy atom. The van der Waals surface area contributed by atoms with E-state index in [0.29, 0.717) is 29.6 Å². The molecule has 0 aliphatic carbocycles. The summed E-state index contributed by atoms with van der Waals surface area (Å²) in [5.74, 6) is -0.910. The van der Waals surface area contributed by atoms with Crippen LogP contribution in [0.25, 0.3) is 11.1 Å². The van der Waals surface area contributed by atoms with E-state index >= 15 is 0 Å². The van der Waals surface area contributed by atoms with Gasteiger partial charge >= 0.3 is 11.9 Å². The number of aliphatic hydroxyl groups excluding tert-OH is 2. The van der Waals surface area contributed by atoms with E-state index in [1.165, 1.54) is 28.1 Å². The lowest BCUT2D eigenvalue weighted by Crippen LogP contribution is -2.52. The highest BCUT2D eigenvalue weighted by atomic mass is 16.5. The number of aromatic nitrogens is 2. The third-order valence-electron chi connectivity index (χ3n) is 9.42. The molecule has 4 aromatic rings. The summed E-state index contributed by atoms with van der Waals surface area (Å²) in [6.07, 6.45) is 0.581. The number of hydrogen-bond donors (Lipinski definition) is 5. The molecule has 278 valence electrons. The SMILES string of the molecule is COc1nc(OCc2cccc(-c3cccc(COc4ccc(CN[C@@](C)(CO)C(=O)O)c(OC)n4)c3C)c2C)ccc1CC[C@@](C)(CO)C(=O)O. The molecule has 0 spiro atoms. The maximum absolute atomic E-state index is 11.6. The highest BCUT2D eigenvalue weighted by Gasteiger charge is 2.33. The first-order valence-corrected chi connectivity index (χ1v) is 16.7. The summed E-state index contributed by atoms with van der Waals surface area (Å²) < 4.78 is 23.0. The first kappa shape index (κ1) is 39.5. The van der Waals surface area contributed by atoms with Crippen LogP contribution in [0.4, 0.5) is 0 Å². The second-order valence-electron chi connectivity index (χ2n) is 13.1. The number of nitrogens with one attached hydrogen (secondary N) is 1. The Balaban J connectivity index is 1.45. The van der Waals surface area contributed by atoms with Crippen molar-refractivity contribution in [2.24, 2.45) is 5.41 Å². The topological polar surface area (TPSA) is 190 Å². The summed E-state index contributed by atoms with van der Waals surface area (Å²) >= 11 is 0. The molecule has 4 rings (SSSR count). The smallest absolute Gasteiger partial charge is 0.326 e. The van der Waals surface area contributed by atoms with Crippen LogP contribution in [-0.2, 0) is 35.8 Å². The maximum Gasteiger partial charge on any atom is 0.326 e. The zero-order chi connectivity index (χ0) is 38.1. The molecular weight excluding hydrogens is 670 g/mol. The molecule has 0 bridgehead atoms. The van der Waals surface area contributed by atoms with Crippen molar-refractivity contribution in [2.45, 2.75) is 65.8 Å². The van der Waals surface area contributed by atoms with Crippen molar-refractivity contribution < 1.29 is 49.0 Å². The van der Waals surface area contributed by atoms with Crippen LogP contribution in [0, 0.1) is 19.3 Å². The van der Waals surface area contributed by atoms with Crippen molar-refractivity contribution in [1.82, 2.24) is 15.3 Å². The van der Waals surface area contributed by atoms with E-state index in [4.69, 9.17) is 18.9 Å². The average Bonchev–Trinajstić information content (AvgIpc) is 3.15. The van der Waals surface area contributed by atoms with Crippen LogP contribution in [0.15, 0.2) is 60.7 Å². The molecule has 2 aromatic heterocycles. The lowest BCUT2D eigenvalue weighted by molar-refractivity contribution is -0.150. The number of benzene rings is 2. The summed E-state index contributed by atoms with van der Waals surface area (Å²) in [6, 6.07) is 19.0. The standard InChI is InChI=1S/C39H47N3O10/c1-24-28(20-51-32-15-13-26(34(41-32)49-5)17-18-38(3,22-43)36(45)46)9-7-11-30(24)31-12-8-10-29(25(31)2)21-52-33-16-14-27(35(42-33)50-6)19-40-39(4,23-44)37(47)48/h7-16,40,43-44H,17-23H2,1-6H3,(H,45,46)(H,47,48)/t38-,39-/m0/s1. The molecule has 52 heavy (non-hydrogen) atoms. The minimum atomic E-state index is -1.51. The van der Waals surface area contributed by atoms with Gasteiger partial charge in [0.25, 0.3) is 0 Å². The summed E-state index contributed by atoms with van der Waals surface area (Å²) in [6.45, 7) is 6.56. The Kier molecular flexibility index (Phi) is 13.2. The minimum Gasteiger partial charge on any atom is -0.481 e. The second kappa shape index (κ2) is 17.3. The monoisotopic (exact) mass is 717 g/mol. The number of carbonyl (C=O) groups is 2. The van der Waals surface area contributed by atoms with Gasteiger partial charge < -0.3 is 39.4 Å². The molecule has 0 radical (unpaired) electrons. The molecule has 0 saturated carbocycles. The molecule has 0 aliphatic heterocycles. The van der Waals surface area contributed by atoms with E-state index in [2.05, 4.69) is 27.4 Å². The number of nitrogens with zero attached hydrogens (tertiary/aromatic N) is 2. The van der Waals surface area contributed by atoms with Gasteiger partial charge in [-0.2, -0.15) is 9.97 Å². The molecule has 5 N–H and O–H groups in total. The molecule has 13 heteroatoms. The molecule has 2 heterocycles. The van der Waals surface area contributed by atoms with Crippen LogP contribution < -0.4 is 24.3 Å². The number of methoxy groups -OCH3 is 2. The van der Waals surface area contributed by atoms with Gasteiger partial charge in [-0.1, -0.05) is 36.4 Å². The summed E-state index contributed by atoms with van der Waals surface area (Å²) in [7, 11) is 2.97. The van der Waals surface area contributed by atoms with E-state index in [-0.39, 0.29) is 32.1 Å². The van der Waals surface area contributed by atoms with Gasteiger partial charge in [0.15, 0.2) is 0 Å². The van der Waals surface area contributed by atoms with Gasteiger partial charge in [-0.3, -0.25) is 14.9 Å². The zero-order valence-electron chi connectivity index (χ0n) is 30.4. The third-order valence-corrected chi connectivity index (χ3v) is 9.42. The van der Waals surface area contributed by atoms with Gasteiger partial charge in [0.05, 0.1) is 32.8 Å². The van der Waals surface area contributed by atoms with Crippen LogP contribution in [0.3, 0.4) is 0 Å². The predicted molar refractivity (Wildman–Crippen MR) is 193 cm³/mol. The van der Waals surface area contributed by atoms with E-state index in [0.717, 1.165) is 38.9 Å². The number of pyridine rings is 2. The van der Waals surface area contributed by atoms with Crippen LogP contribution in [0.5, 0.6) is 23.5 Å². The largest absolute Gasteiger partial charge is 0.481 e. The molecule has 0 saturated heterocycles. The number of carboxylic acids is 2. The van der Waals surface area contributed by atoms with Crippen molar-refractivity contribution in [3.63, 3.8) is 0 Å².